The summed E-state index contributed by atoms with van der Waals surface area (Å²) in [5, 5.41) is 12.0. The molecular formula is C14H19N5O. The van der Waals surface area contributed by atoms with Gasteiger partial charge in [-0.05, 0) is 42.3 Å². The summed E-state index contributed by atoms with van der Waals surface area (Å²) in [4.78, 5) is 0. The maximum absolute atomic E-state index is 6.05. The molecule has 0 radical (unpaired) electrons. The molecule has 0 spiro atoms. The lowest BCUT2D eigenvalue weighted by molar-refractivity contribution is 0.0470. The Morgan fingerprint density at radius 1 is 1.45 bits per heavy atom. The Balaban J connectivity index is 1.87. The van der Waals surface area contributed by atoms with Crippen molar-refractivity contribution in [1.82, 2.24) is 20.2 Å². The number of nitrogens with zero attached hydrogens (tertiary/aromatic N) is 4. The van der Waals surface area contributed by atoms with E-state index in [9.17, 15) is 0 Å². The second-order valence-electron chi connectivity index (χ2n) is 5.36. The molecule has 1 aliphatic heterocycles. The van der Waals surface area contributed by atoms with Crippen LogP contribution in [0.2, 0.25) is 0 Å². The second kappa shape index (κ2) is 5.58. The van der Waals surface area contributed by atoms with Gasteiger partial charge in [0.05, 0.1) is 13.2 Å². The first-order valence-electron chi connectivity index (χ1n) is 6.94. The Bertz CT molecular complexity index is 589. The molecule has 2 heterocycles. The SMILES string of the molecule is Cc1ccc(N)c(-c2nnnn2CC2CCCOC2)c1. The topological polar surface area (TPSA) is 78.9 Å². The molecule has 6 heteroatoms. The molecule has 2 aromatic rings. The van der Waals surface area contributed by atoms with Gasteiger partial charge in [0.2, 0.25) is 0 Å². The van der Waals surface area contributed by atoms with Gasteiger partial charge in [0, 0.05) is 23.8 Å². The molecule has 2 N–H and O–H groups in total. The van der Waals surface area contributed by atoms with Crippen molar-refractivity contribution in [2.45, 2.75) is 26.3 Å². The Labute approximate surface area is 117 Å². The normalized spacial score (nSPS) is 19.1. The van der Waals surface area contributed by atoms with Crippen LogP contribution in [0.5, 0.6) is 0 Å². The smallest absolute Gasteiger partial charge is 0.184 e. The number of tetrazole rings is 1. The average Bonchev–Trinajstić information content (AvgIpc) is 2.91. The van der Waals surface area contributed by atoms with Gasteiger partial charge in [0.1, 0.15) is 0 Å². The van der Waals surface area contributed by atoms with E-state index in [0.717, 1.165) is 49.6 Å². The zero-order valence-electron chi connectivity index (χ0n) is 11.6. The van der Waals surface area contributed by atoms with E-state index in [1.165, 1.54) is 0 Å². The summed E-state index contributed by atoms with van der Waals surface area (Å²) in [5.41, 5.74) is 8.79. The third-order valence-electron chi connectivity index (χ3n) is 3.67. The molecule has 6 nitrogen and oxygen atoms in total. The van der Waals surface area contributed by atoms with Crippen LogP contribution in [0, 0.1) is 12.8 Å². The second-order valence-corrected chi connectivity index (χ2v) is 5.36. The third-order valence-corrected chi connectivity index (χ3v) is 3.67. The summed E-state index contributed by atoms with van der Waals surface area (Å²) in [6.07, 6.45) is 2.26. The fourth-order valence-electron chi connectivity index (χ4n) is 2.58. The van der Waals surface area contributed by atoms with Gasteiger partial charge < -0.3 is 10.5 Å². The van der Waals surface area contributed by atoms with Gasteiger partial charge in [-0.15, -0.1) is 5.10 Å². The summed E-state index contributed by atoms with van der Waals surface area (Å²) in [6.45, 7) is 4.45. The van der Waals surface area contributed by atoms with E-state index in [2.05, 4.69) is 15.5 Å². The number of nitrogens with two attached hydrogens (primary N) is 1. The number of hydrogen-bond donors (Lipinski definition) is 1. The Morgan fingerprint density at radius 2 is 2.35 bits per heavy atom. The summed E-state index contributed by atoms with van der Waals surface area (Å²) >= 11 is 0. The van der Waals surface area contributed by atoms with Crippen molar-refractivity contribution in [3.63, 3.8) is 0 Å². The van der Waals surface area contributed by atoms with Gasteiger partial charge in [-0.1, -0.05) is 11.6 Å². The van der Waals surface area contributed by atoms with Gasteiger partial charge in [-0.25, -0.2) is 4.68 Å². The molecule has 1 aromatic heterocycles. The molecule has 0 saturated carbocycles. The first-order chi connectivity index (χ1) is 9.74. The van der Waals surface area contributed by atoms with E-state index < -0.39 is 0 Å². The van der Waals surface area contributed by atoms with Crippen molar-refractivity contribution in [3.8, 4) is 11.4 Å². The Hall–Kier alpha value is -1.95. The van der Waals surface area contributed by atoms with E-state index in [4.69, 9.17) is 10.5 Å². The van der Waals surface area contributed by atoms with Gasteiger partial charge in [0.25, 0.3) is 0 Å². The highest BCUT2D eigenvalue weighted by molar-refractivity contribution is 5.71. The van der Waals surface area contributed by atoms with Crippen molar-refractivity contribution in [1.29, 1.82) is 0 Å². The number of nitrogen functional groups attached to an aromatic ring is 1. The van der Waals surface area contributed by atoms with E-state index in [-0.39, 0.29) is 0 Å². The third kappa shape index (κ3) is 2.65. The fourth-order valence-corrected chi connectivity index (χ4v) is 2.58. The molecule has 1 aliphatic rings. The predicted octanol–water partition coefficient (Wildman–Crippen LogP) is 1.66. The molecule has 0 aliphatic carbocycles. The molecule has 106 valence electrons. The summed E-state index contributed by atoms with van der Waals surface area (Å²) in [6, 6.07) is 5.91. The lowest BCUT2D eigenvalue weighted by atomic mass is 10.0. The lowest BCUT2D eigenvalue weighted by Gasteiger charge is -2.22. The number of ether oxygens (including phenoxy) is 1. The van der Waals surface area contributed by atoms with Crippen molar-refractivity contribution in [2.75, 3.05) is 18.9 Å². The van der Waals surface area contributed by atoms with Crippen molar-refractivity contribution < 1.29 is 4.74 Å². The standard InChI is InChI=1S/C14H19N5O/c1-10-4-5-13(15)12(7-10)14-16-17-18-19(14)8-11-3-2-6-20-9-11/h4-5,7,11H,2-3,6,8-9,15H2,1H3. The van der Waals surface area contributed by atoms with Gasteiger partial charge in [0.15, 0.2) is 5.82 Å². The van der Waals surface area contributed by atoms with E-state index in [1.807, 2.05) is 29.8 Å². The van der Waals surface area contributed by atoms with Crippen LogP contribution in [-0.2, 0) is 11.3 Å². The average molecular weight is 273 g/mol. The van der Waals surface area contributed by atoms with Crippen LogP contribution in [0.25, 0.3) is 11.4 Å². The van der Waals surface area contributed by atoms with Crippen LogP contribution < -0.4 is 5.73 Å². The highest BCUT2D eigenvalue weighted by atomic mass is 16.5. The summed E-state index contributed by atoms with van der Waals surface area (Å²) in [5.74, 6) is 1.20. The maximum atomic E-state index is 6.05. The summed E-state index contributed by atoms with van der Waals surface area (Å²) < 4.78 is 7.35. The minimum atomic E-state index is 0.469. The van der Waals surface area contributed by atoms with Crippen LogP contribution in [0.15, 0.2) is 18.2 Å². The largest absolute Gasteiger partial charge is 0.398 e. The molecule has 1 aromatic carbocycles. The molecule has 1 fully saturated rings. The van der Waals surface area contributed by atoms with Gasteiger partial charge in [-0.3, -0.25) is 0 Å². The molecule has 0 amide bonds. The van der Waals surface area contributed by atoms with Crippen LogP contribution >= 0.6 is 0 Å². The van der Waals surface area contributed by atoms with Crippen molar-refractivity contribution in [3.05, 3.63) is 23.8 Å². The molecule has 0 bridgehead atoms. The molecule has 3 rings (SSSR count). The van der Waals surface area contributed by atoms with Gasteiger partial charge >= 0.3 is 0 Å². The number of hydrogen-bond acceptors (Lipinski definition) is 5. The minimum Gasteiger partial charge on any atom is -0.398 e. The summed E-state index contributed by atoms with van der Waals surface area (Å²) in [7, 11) is 0. The van der Waals surface area contributed by atoms with Crippen LogP contribution in [-0.4, -0.2) is 33.4 Å². The Kier molecular flexibility index (Phi) is 3.64. The van der Waals surface area contributed by atoms with E-state index in [1.54, 1.807) is 0 Å². The quantitative estimate of drug-likeness (QED) is 0.860. The van der Waals surface area contributed by atoms with Crippen LogP contribution in [0.1, 0.15) is 18.4 Å². The van der Waals surface area contributed by atoms with Crippen LogP contribution in [0.4, 0.5) is 5.69 Å². The van der Waals surface area contributed by atoms with Crippen molar-refractivity contribution in [2.24, 2.45) is 5.92 Å². The number of rotatable bonds is 3. The highest BCUT2D eigenvalue weighted by Crippen LogP contribution is 2.25. The molecule has 1 saturated heterocycles. The lowest BCUT2D eigenvalue weighted by Crippen LogP contribution is -2.23. The number of aromatic nitrogens is 4. The number of anilines is 1. The van der Waals surface area contributed by atoms with Crippen molar-refractivity contribution >= 4 is 5.69 Å². The predicted molar refractivity (Wildman–Crippen MR) is 75.9 cm³/mol. The monoisotopic (exact) mass is 273 g/mol. The fraction of sp³-hybridized carbons (Fsp3) is 0.500. The van der Waals surface area contributed by atoms with E-state index in [0.29, 0.717) is 11.6 Å². The highest BCUT2D eigenvalue weighted by Gasteiger charge is 2.19. The zero-order chi connectivity index (χ0) is 13.9. The first-order valence-corrected chi connectivity index (χ1v) is 6.94. The van der Waals surface area contributed by atoms with Crippen LogP contribution in [0.3, 0.4) is 0 Å². The minimum absolute atomic E-state index is 0.469. The maximum Gasteiger partial charge on any atom is 0.184 e. The van der Waals surface area contributed by atoms with E-state index >= 15 is 0 Å². The molecule has 20 heavy (non-hydrogen) atoms. The Morgan fingerprint density at radius 3 is 3.15 bits per heavy atom. The zero-order valence-corrected chi connectivity index (χ0v) is 11.6. The van der Waals surface area contributed by atoms with Gasteiger partial charge in [-0.2, -0.15) is 0 Å². The molecule has 1 unspecified atom stereocenters. The number of aryl methyl sites for hydroxylation is 1. The molecule has 1 atom stereocenters. The number of benzene rings is 1. The molecular weight excluding hydrogens is 254 g/mol. The first kappa shape index (κ1) is 13.1.